The monoisotopic (exact) mass is 388 g/mol. The van der Waals surface area contributed by atoms with Crippen molar-refractivity contribution in [3.63, 3.8) is 0 Å². The van der Waals surface area contributed by atoms with Crippen molar-refractivity contribution in [1.29, 1.82) is 0 Å². The van der Waals surface area contributed by atoms with Gasteiger partial charge in [0.1, 0.15) is 0 Å². The molecule has 0 saturated carbocycles. The van der Waals surface area contributed by atoms with Crippen LogP contribution in [0.3, 0.4) is 0 Å². The van der Waals surface area contributed by atoms with E-state index < -0.39 is 10.2 Å². The van der Waals surface area contributed by atoms with Crippen LogP contribution in [0, 0.1) is 5.92 Å². The van der Waals surface area contributed by atoms with E-state index in [4.69, 9.17) is 4.74 Å². The van der Waals surface area contributed by atoms with Crippen molar-refractivity contribution in [3.8, 4) is 0 Å². The number of rotatable bonds is 6. The fraction of sp³-hybridized carbons (Fsp3) is 0.941. The molecule has 0 aromatic carbocycles. The molecule has 9 heteroatoms. The highest BCUT2D eigenvalue weighted by atomic mass is 32.2. The van der Waals surface area contributed by atoms with E-state index in [0.29, 0.717) is 64.8 Å². The summed E-state index contributed by atoms with van der Waals surface area (Å²) < 4.78 is 33.6. The number of nitrogens with zero attached hydrogens (tertiary/aromatic N) is 3. The van der Waals surface area contributed by atoms with Crippen LogP contribution in [0.5, 0.6) is 0 Å². The number of amides is 1. The summed E-state index contributed by atoms with van der Waals surface area (Å²) in [5, 5.41) is 3.10. The fourth-order valence-electron chi connectivity index (χ4n) is 4.19. The van der Waals surface area contributed by atoms with Gasteiger partial charge in [0.25, 0.3) is 10.2 Å². The summed E-state index contributed by atoms with van der Waals surface area (Å²) >= 11 is 0. The number of nitrogens with one attached hydrogen (secondary N) is 1. The number of likely N-dealkylation sites (N-methyl/N-ethyl adjacent to an activating group) is 1. The minimum Gasteiger partial charge on any atom is -0.379 e. The summed E-state index contributed by atoms with van der Waals surface area (Å²) in [6.07, 6.45) is 3.53. The Bertz CT molecular complexity index is 571. The Morgan fingerprint density at radius 2 is 1.69 bits per heavy atom. The number of ether oxygens (including phenoxy) is 1. The van der Waals surface area contributed by atoms with Gasteiger partial charge in [0.15, 0.2) is 0 Å². The van der Waals surface area contributed by atoms with Crippen molar-refractivity contribution in [3.05, 3.63) is 0 Å². The Morgan fingerprint density at radius 1 is 1.04 bits per heavy atom. The smallest absolute Gasteiger partial charge is 0.282 e. The van der Waals surface area contributed by atoms with Crippen LogP contribution in [0.1, 0.15) is 32.6 Å². The first kappa shape index (κ1) is 20.0. The van der Waals surface area contributed by atoms with Crippen LogP contribution in [-0.2, 0) is 19.7 Å². The van der Waals surface area contributed by atoms with Crippen molar-refractivity contribution >= 4 is 16.1 Å². The van der Waals surface area contributed by atoms with Gasteiger partial charge >= 0.3 is 0 Å². The van der Waals surface area contributed by atoms with Crippen molar-refractivity contribution in [1.82, 2.24) is 18.8 Å². The van der Waals surface area contributed by atoms with E-state index in [0.717, 1.165) is 19.5 Å². The Balaban J connectivity index is 1.45. The van der Waals surface area contributed by atoms with E-state index in [1.807, 2.05) is 0 Å². The molecule has 0 aliphatic carbocycles. The number of likely N-dealkylation sites (tertiary alicyclic amines) is 1. The standard InChI is InChI=1S/C17H32N4O4S/c1-2-19-7-3-4-16(19)14-18-17(22)15-5-8-20(9-6-15)26(23,24)21-10-12-25-13-11-21/h15-16H,2-14H2,1H3,(H,18,22). The second-order valence-electron chi connectivity index (χ2n) is 7.36. The molecule has 1 atom stereocenters. The molecule has 1 unspecified atom stereocenters. The summed E-state index contributed by atoms with van der Waals surface area (Å²) in [6, 6.07) is 0.450. The molecule has 26 heavy (non-hydrogen) atoms. The number of hydrogen-bond donors (Lipinski definition) is 1. The van der Waals surface area contributed by atoms with Crippen LogP contribution in [0.15, 0.2) is 0 Å². The van der Waals surface area contributed by atoms with Crippen LogP contribution in [-0.4, -0.2) is 92.9 Å². The second kappa shape index (κ2) is 8.97. The third-order valence-corrected chi connectivity index (χ3v) is 7.90. The van der Waals surface area contributed by atoms with E-state index in [9.17, 15) is 13.2 Å². The first-order valence-corrected chi connectivity index (χ1v) is 11.3. The molecule has 0 radical (unpaired) electrons. The molecule has 1 amide bonds. The van der Waals surface area contributed by atoms with Gasteiger partial charge in [0, 0.05) is 44.7 Å². The SMILES string of the molecule is CCN1CCCC1CNC(=O)C1CCN(S(=O)(=O)N2CCOCC2)CC1. The van der Waals surface area contributed by atoms with Gasteiger partial charge in [0.2, 0.25) is 5.91 Å². The normalized spacial score (nSPS) is 27.7. The molecule has 3 aliphatic heterocycles. The highest BCUT2D eigenvalue weighted by molar-refractivity contribution is 7.86. The molecule has 3 saturated heterocycles. The fourth-order valence-corrected chi connectivity index (χ4v) is 5.80. The first-order valence-electron chi connectivity index (χ1n) is 9.87. The van der Waals surface area contributed by atoms with Crippen molar-refractivity contribution in [2.75, 3.05) is 59.0 Å². The quantitative estimate of drug-likeness (QED) is 0.686. The summed E-state index contributed by atoms with van der Waals surface area (Å²) in [4.78, 5) is 14.9. The van der Waals surface area contributed by atoms with Gasteiger partial charge in [-0.15, -0.1) is 0 Å². The second-order valence-corrected chi connectivity index (χ2v) is 9.29. The molecule has 1 N–H and O–H groups in total. The van der Waals surface area contributed by atoms with E-state index in [1.54, 1.807) is 0 Å². The van der Waals surface area contributed by atoms with Crippen LogP contribution in [0.2, 0.25) is 0 Å². The molecule has 150 valence electrons. The topological polar surface area (TPSA) is 82.2 Å². The largest absolute Gasteiger partial charge is 0.379 e. The van der Waals surface area contributed by atoms with Crippen LogP contribution < -0.4 is 5.32 Å². The maximum absolute atomic E-state index is 12.7. The van der Waals surface area contributed by atoms with Crippen molar-refractivity contribution in [2.24, 2.45) is 5.92 Å². The van der Waals surface area contributed by atoms with E-state index in [-0.39, 0.29) is 11.8 Å². The summed E-state index contributed by atoms with van der Waals surface area (Å²) in [6.45, 7) is 7.58. The Hall–Kier alpha value is -0.740. The lowest BCUT2D eigenvalue weighted by Crippen LogP contribution is -2.52. The third kappa shape index (κ3) is 4.56. The van der Waals surface area contributed by atoms with Gasteiger partial charge in [0.05, 0.1) is 13.2 Å². The van der Waals surface area contributed by atoms with Crippen LogP contribution in [0.25, 0.3) is 0 Å². The molecule has 8 nitrogen and oxygen atoms in total. The van der Waals surface area contributed by atoms with Gasteiger partial charge in [-0.25, -0.2) is 0 Å². The van der Waals surface area contributed by atoms with Crippen molar-refractivity contribution < 1.29 is 17.9 Å². The molecule has 0 spiro atoms. The average Bonchev–Trinajstić information content (AvgIpc) is 3.14. The number of carbonyl (C=O) groups is 1. The van der Waals surface area contributed by atoms with Crippen molar-refractivity contribution in [2.45, 2.75) is 38.6 Å². The third-order valence-electron chi connectivity index (χ3n) is 5.86. The minimum absolute atomic E-state index is 0.0800. The predicted octanol–water partition coefficient (Wildman–Crippen LogP) is -0.124. The van der Waals surface area contributed by atoms with Crippen LogP contribution >= 0.6 is 0 Å². The highest BCUT2D eigenvalue weighted by Crippen LogP contribution is 2.22. The summed E-state index contributed by atoms with van der Waals surface area (Å²) in [5.74, 6) is -0.000933. The molecule has 0 bridgehead atoms. The molecule has 3 fully saturated rings. The Labute approximate surface area is 157 Å². The molecular formula is C17H32N4O4S. The van der Waals surface area contributed by atoms with Crippen LogP contribution in [0.4, 0.5) is 0 Å². The molecule has 0 aromatic heterocycles. The maximum atomic E-state index is 12.7. The van der Waals surface area contributed by atoms with Gasteiger partial charge < -0.3 is 10.1 Å². The van der Waals surface area contributed by atoms with Gasteiger partial charge in [-0.3, -0.25) is 9.69 Å². The summed E-state index contributed by atoms with van der Waals surface area (Å²) in [7, 11) is -3.42. The zero-order chi connectivity index (χ0) is 18.6. The minimum atomic E-state index is -3.42. The zero-order valence-electron chi connectivity index (χ0n) is 15.7. The summed E-state index contributed by atoms with van der Waals surface area (Å²) in [5.41, 5.74) is 0. The number of carbonyl (C=O) groups excluding carboxylic acids is 1. The maximum Gasteiger partial charge on any atom is 0.282 e. The zero-order valence-corrected chi connectivity index (χ0v) is 16.5. The Morgan fingerprint density at radius 3 is 2.35 bits per heavy atom. The lowest BCUT2D eigenvalue weighted by atomic mass is 9.97. The highest BCUT2D eigenvalue weighted by Gasteiger charge is 2.35. The van der Waals surface area contributed by atoms with E-state index >= 15 is 0 Å². The van der Waals surface area contributed by atoms with Gasteiger partial charge in [-0.05, 0) is 38.8 Å². The molecule has 3 heterocycles. The first-order chi connectivity index (χ1) is 12.5. The molecular weight excluding hydrogens is 356 g/mol. The lowest BCUT2D eigenvalue weighted by molar-refractivity contribution is -0.126. The lowest BCUT2D eigenvalue weighted by Gasteiger charge is -2.35. The van der Waals surface area contributed by atoms with E-state index in [1.165, 1.54) is 15.0 Å². The average molecular weight is 389 g/mol. The van der Waals surface area contributed by atoms with E-state index in [2.05, 4.69) is 17.1 Å². The number of hydrogen-bond acceptors (Lipinski definition) is 5. The van der Waals surface area contributed by atoms with Gasteiger partial charge in [-0.2, -0.15) is 17.0 Å². The van der Waals surface area contributed by atoms with Gasteiger partial charge in [-0.1, -0.05) is 6.92 Å². The molecule has 3 aliphatic rings. The molecule has 3 rings (SSSR count). The predicted molar refractivity (Wildman–Crippen MR) is 98.9 cm³/mol. The number of morpholine rings is 1. The number of piperidine rings is 1. The molecule has 0 aromatic rings. The Kier molecular flexibility index (Phi) is 6.90.